The van der Waals surface area contributed by atoms with Crippen molar-refractivity contribution in [3.8, 4) is 0 Å². The van der Waals surface area contributed by atoms with Gasteiger partial charge >= 0.3 is 5.97 Å². The van der Waals surface area contributed by atoms with Gasteiger partial charge in [-0.3, -0.25) is 9.59 Å². The number of anilines is 1. The molecule has 7 nitrogen and oxygen atoms in total. The Balaban J connectivity index is 1.68. The van der Waals surface area contributed by atoms with Crippen LogP contribution in [0.15, 0.2) is 23.3 Å². The molecular weight excluding hydrogens is 394 g/mol. The summed E-state index contributed by atoms with van der Waals surface area (Å²) in [6.45, 7) is 6.96. The van der Waals surface area contributed by atoms with Gasteiger partial charge in [0.15, 0.2) is 6.10 Å². The van der Waals surface area contributed by atoms with Crippen LogP contribution in [0, 0.1) is 12.8 Å². The van der Waals surface area contributed by atoms with Gasteiger partial charge in [-0.1, -0.05) is 24.6 Å². The lowest BCUT2D eigenvalue weighted by atomic mass is 9.99. The van der Waals surface area contributed by atoms with E-state index in [4.69, 9.17) is 16.3 Å². The van der Waals surface area contributed by atoms with Crippen LogP contribution in [-0.2, 0) is 19.1 Å². The lowest BCUT2D eigenvalue weighted by Gasteiger charge is -2.32. The average molecular weight is 420 g/mol. The van der Waals surface area contributed by atoms with Crippen LogP contribution in [-0.4, -0.2) is 47.6 Å². The van der Waals surface area contributed by atoms with Crippen LogP contribution in [0.4, 0.5) is 5.69 Å². The molecule has 2 aliphatic rings. The van der Waals surface area contributed by atoms with E-state index in [2.05, 4.69) is 12.0 Å². The second-order valence-corrected chi connectivity index (χ2v) is 8.15. The quantitative estimate of drug-likeness (QED) is 0.701. The van der Waals surface area contributed by atoms with Gasteiger partial charge in [-0.25, -0.2) is 9.80 Å². The number of benzene rings is 1. The predicted octanol–water partition coefficient (Wildman–Crippen LogP) is 3.32. The molecule has 0 radical (unpaired) electrons. The highest BCUT2D eigenvalue weighted by Gasteiger charge is 2.31. The van der Waals surface area contributed by atoms with Crippen molar-refractivity contribution < 1.29 is 19.1 Å². The number of nitrogens with zero attached hydrogens (tertiary/aromatic N) is 3. The maximum absolute atomic E-state index is 12.6. The first-order valence-electron chi connectivity index (χ1n) is 9.92. The summed E-state index contributed by atoms with van der Waals surface area (Å²) in [4.78, 5) is 39.2. The normalized spacial score (nSPS) is 19.0. The minimum absolute atomic E-state index is 0.119. The third kappa shape index (κ3) is 4.96. The molecule has 1 aromatic carbocycles. The van der Waals surface area contributed by atoms with Crippen molar-refractivity contribution in [2.45, 2.75) is 52.6 Å². The summed E-state index contributed by atoms with van der Waals surface area (Å²) < 4.78 is 5.37. The third-order valence-corrected chi connectivity index (χ3v) is 5.80. The van der Waals surface area contributed by atoms with E-state index in [1.807, 2.05) is 6.92 Å². The lowest BCUT2D eigenvalue weighted by molar-refractivity contribution is -0.154. The van der Waals surface area contributed by atoms with Crippen LogP contribution in [0.1, 0.15) is 45.1 Å². The lowest BCUT2D eigenvalue weighted by Crippen LogP contribution is -2.45. The number of ether oxygens (including phenoxy) is 1. The van der Waals surface area contributed by atoms with Gasteiger partial charge in [-0.2, -0.15) is 5.10 Å². The summed E-state index contributed by atoms with van der Waals surface area (Å²) in [6, 6.07) is 5.14. The van der Waals surface area contributed by atoms with Crippen LogP contribution in [0.2, 0.25) is 5.02 Å². The zero-order valence-corrected chi connectivity index (χ0v) is 17.7. The highest BCUT2D eigenvalue weighted by molar-refractivity contribution is 6.38. The molecule has 0 saturated carbocycles. The van der Waals surface area contributed by atoms with Crippen LogP contribution in [0.3, 0.4) is 0 Å². The Morgan fingerprint density at radius 2 is 1.93 bits per heavy atom. The van der Waals surface area contributed by atoms with Crippen LogP contribution in [0.5, 0.6) is 0 Å². The van der Waals surface area contributed by atoms with Crippen molar-refractivity contribution in [3.05, 3.63) is 28.8 Å². The third-order valence-electron chi connectivity index (χ3n) is 5.40. The number of halogens is 1. The van der Waals surface area contributed by atoms with Crippen LogP contribution < -0.4 is 5.01 Å². The standard InChI is InChI=1S/C21H26ClN3O4/c1-13-8-10-24(11-9-13)20(27)15(3)29-21(28)18-6-7-19(26)25(23-18)16-5-4-14(2)17(22)12-16/h4-5,12-13,15H,6-11H2,1-3H3/t15-/m1/s1. The fourth-order valence-corrected chi connectivity index (χ4v) is 3.56. The average Bonchev–Trinajstić information content (AvgIpc) is 2.70. The summed E-state index contributed by atoms with van der Waals surface area (Å²) in [6.07, 6.45) is 1.32. The Morgan fingerprint density at radius 3 is 2.59 bits per heavy atom. The molecule has 156 valence electrons. The van der Waals surface area contributed by atoms with E-state index in [0.717, 1.165) is 18.4 Å². The van der Waals surface area contributed by atoms with E-state index in [-0.39, 0.29) is 30.4 Å². The van der Waals surface area contributed by atoms with Crippen molar-refractivity contribution >= 4 is 40.8 Å². The number of hydrazone groups is 1. The number of aryl methyl sites for hydroxylation is 1. The summed E-state index contributed by atoms with van der Waals surface area (Å²) in [5.41, 5.74) is 1.48. The number of carbonyl (C=O) groups excluding carboxylic acids is 3. The SMILES string of the molecule is Cc1ccc(N2N=C(C(=O)O[C@H](C)C(=O)N3CCC(C)CC3)CCC2=O)cc1Cl. The van der Waals surface area contributed by atoms with Crippen molar-refractivity contribution in [2.24, 2.45) is 11.0 Å². The Bertz CT molecular complexity index is 846. The maximum atomic E-state index is 12.6. The van der Waals surface area contributed by atoms with E-state index in [1.54, 1.807) is 30.0 Å². The molecule has 0 spiro atoms. The molecule has 1 aromatic rings. The first kappa shape index (κ1) is 21.3. The molecule has 1 atom stereocenters. The smallest absolute Gasteiger partial charge is 0.355 e. The molecule has 29 heavy (non-hydrogen) atoms. The van der Waals surface area contributed by atoms with Gasteiger partial charge in [0.25, 0.3) is 5.91 Å². The molecule has 0 aliphatic carbocycles. The number of hydrogen-bond donors (Lipinski definition) is 0. The zero-order valence-electron chi connectivity index (χ0n) is 17.0. The molecule has 2 aliphatic heterocycles. The molecule has 3 rings (SSSR count). The molecule has 0 unspecified atom stereocenters. The second-order valence-electron chi connectivity index (χ2n) is 7.74. The molecule has 1 fully saturated rings. The highest BCUT2D eigenvalue weighted by atomic mass is 35.5. The molecule has 1 saturated heterocycles. The van der Waals surface area contributed by atoms with E-state index in [1.165, 1.54) is 5.01 Å². The molecule has 8 heteroatoms. The Hall–Kier alpha value is -2.41. The Morgan fingerprint density at radius 1 is 1.24 bits per heavy atom. The van der Waals surface area contributed by atoms with Gasteiger partial charge in [0.1, 0.15) is 5.71 Å². The highest BCUT2D eigenvalue weighted by Crippen LogP contribution is 2.26. The number of carbonyl (C=O) groups is 3. The van der Waals surface area contributed by atoms with Gasteiger partial charge in [-0.15, -0.1) is 0 Å². The summed E-state index contributed by atoms with van der Waals surface area (Å²) in [7, 11) is 0. The van der Waals surface area contributed by atoms with Gasteiger partial charge in [0, 0.05) is 31.0 Å². The molecular formula is C21H26ClN3O4. The molecule has 0 N–H and O–H groups in total. The fraction of sp³-hybridized carbons (Fsp3) is 0.524. The van der Waals surface area contributed by atoms with E-state index in [9.17, 15) is 14.4 Å². The number of hydrogen-bond acceptors (Lipinski definition) is 5. The number of amides is 2. The first-order chi connectivity index (χ1) is 13.8. The number of rotatable bonds is 4. The summed E-state index contributed by atoms with van der Waals surface area (Å²) >= 11 is 6.15. The molecule has 2 amide bonds. The second kappa shape index (κ2) is 8.95. The Labute approximate surface area is 175 Å². The van der Waals surface area contributed by atoms with Crippen LogP contribution in [0.25, 0.3) is 0 Å². The van der Waals surface area contributed by atoms with Gasteiger partial charge in [-0.05, 0) is 50.3 Å². The summed E-state index contributed by atoms with van der Waals surface area (Å²) in [5.74, 6) is -0.493. The first-order valence-corrected chi connectivity index (χ1v) is 10.3. The zero-order chi connectivity index (χ0) is 21.1. The van der Waals surface area contributed by atoms with Crippen molar-refractivity contribution in [1.29, 1.82) is 0 Å². The van der Waals surface area contributed by atoms with E-state index in [0.29, 0.717) is 29.7 Å². The Kier molecular flexibility index (Phi) is 6.57. The van der Waals surface area contributed by atoms with E-state index >= 15 is 0 Å². The molecule has 2 heterocycles. The van der Waals surface area contributed by atoms with E-state index < -0.39 is 12.1 Å². The fourth-order valence-electron chi connectivity index (χ4n) is 3.38. The van der Waals surface area contributed by atoms with Crippen molar-refractivity contribution in [2.75, 3.05) is 18.1 Å². The van der Waals surface area contributed by atoms with Crippen molar-refractivity contribution in [1.82, 2.24) is 4.90 Å². The minimum Gasteiger partial charge on any atom is -0.448 e. The van der Waals surface area contributed by atoms with Crippen LogP contribution >= 0.6 is 11.6 Å². The summed E-state index contributed by atoms with van der Waals surface area (Å²) in [5, 5.41) is 5.86. The predicted molar refractivity (Wildman–Crippen MR) is 111 cm³/mol. The maximum Gasteiger partial charge on any atom is 0.355 e. The van der Waals surface area contributed by atoms with Gasteiger partial charge in [0.05, 0.1) is 5.69 Å². The molecule has 0 aromatic heterocycles. The van der Waals surface area contributed by atoms with Gasteiger partial charge in [0.2, 0.25) is 5.91 Å². The molecule has 0 bridgehead atoms. The largest absolute Gasteiger partial charge is 0.448 e. The van der Waals surface area contributed by atoms with Gasteiger partial charge < -0.3 is 9.64 Å². The monoisotopic (exact) mass is 419 g/mol. The number of esters is 1. The number of likely N-dealkylation sites (tertiary alicyclic amines) is 1. The van der Waals surface area contributed by atoms with Crippen molar-refractivity contribution in [3.63, 3.8) is 0 Å². The number of piperidine rings is 1. The topological polar surface area (TPSA) is 79.3 Å². The minimum atomic E-state index is -0.890.